The first kappa shape index (κ1) is 16.6. The van der Waals surface area contributed by atoms with Crippen molar-refractivity contribution in [2.75, 3.05) is 25.6 Å². The normalized spacial score (nSPS) is 11.4. The Bertz CT molecular complexity index is 466. The van der Waals surface area contributed by atoms with Crippen LogP contribution in [0.15, 0.2) is 18.2 Å². The van der Waals surface area contributed by atoms with Crippen LogP contribution in [0, 0.1) is 0 Å². The molecule has 0 bridgehead atoms. The van der Waals surface area contributed by atoms with Gasteiger partial charge in [0, 0.05) is 6.42 Å². The molecule has 0 fully saturated rings. The van der Waals surface area contributed by atoms with E-state index in [-0.39, 0.29) is 35.9 Å². The van der Waals surface area contributed by atoms with E-state index in [0.717, 1.165) is 0 Å². The molecule has 0 saturated carbocycles. The van der Waals surface area contributed by atoms with Gasteiger partial charge in [0.15, 0.2) is 0 Å². The molecule has 2 N–H and O–H groups in total. The number of hydrogen-bond donors (Lipinski definition) is 1. The Morgan fingerprint density at radius 1 is 1.30 bits per heavy atom. The summed E-state index contributed by atoms with van der Waals surface area (Å²) in [5.41, 5.74) is 5.82. The van der Waals surface area contributed by atoms with Gasteiger partial charge in [0.1, 0.15) is 6.61 Å². The van der Waals surface area contributed by atoms with E-state index in [1.54, 1.807) is 6.07 Å². The van der Waals surface area contributed by atoms with Gasteiger partial charge in [-0.15, -0.1) is 0 Å². The number of halogens is 4. The summed E-state index contributed by atoms with van der Waals surface area (Å²) in [7, 11) is 0. The van der Waals surface area contributed by atoms with Crippen LogP contribution in [0.4, 0.5) is 18.9 Å². The van der Waals surface area contributed by atoms with Gasteiger partial charge in [0.05, 0.1) is 29.5 Å². The van der Waals surface area contributed by atoms with Crippen molar-refractivity contribution in [3.05, 3.63) is 28.8 Å². The molecular weight excluding hydrogens is 299 g/mol. The predicted molar refractivity (Wildman–Crippen MR) is 67.6 cm³/mol. The lowest BCUT2D eigenvalue weighted by Crippen LogP contribution is -2.18. The number of nitrogen functional groups attached to an aromatic ring is 1. The smallest absolute Gasteiger partial charge is 0.411 e. The zero-order valence-electron chi connectivity index (χ0n) is 10.4. The number of carbonyl (C=O) groups is 1. The van der Waals surface area contributed by atoms with Gasteiger partial charge in [-0.2, -0.15) is 13.2 Å². The van der Waals surface area contributed by atoms with Gasteiger partial charge in [-0.05, 0) is 12.1 Å². The molecule has 0 saturated heterocycles. The molecule has 1 rings (SSSR count). The summed E-state index contributed by atoms with van der Waals surface area (Å²) in [6, 6.07) is 4.52. The molecule has 4 nitrogen and oxygen atoms in total. The van der Waals surface area contributed by atoms with Gasteiger partial charge >= 0.3 is 12.1 Å². The Kier molecular flexibility index (Phi) is 6.09. The third-order valence-corrected chi connectivity index (χ3v) is 2.53. The molecule has 0 aliphatic rings. The molecule has 0 unspecified atom stereocenters. The van der Waals surface area contributed by atoms with Crippen molar-refractivity contribution in [1.29, 1.82) is 0 Å². The summed E-state index contributed by atoms with van der Waals surface area (Å²) in [6.07, 6.45) is -4.20. The number of nitrogens with two attached hydrogens (primary N) is 1. The maximum absolute atomic E-state index is 11.8. The number of esters is 1. The van der Waals surface area contributed by atoms with Crippen LogP contribution >= 0.6 is 11.6 Å². The number of rotatable bonds is 6. The van der Waals surface area contributed by atoms with E-state index in [0.29, 0.717) is 0 Å². The van der Waals surface area contributed by atoms with E-state index in [2.05, 4.69) is 4.74 Å². The minimum Gasteiger partial charge on any atom is -0.462 e. The van der Waals surface area contributed by atoms with Crippen molar-refractivity contribution >= 4 is 23.3 Å². The van der Waals surface area contributed by atoms with Crippen molar-refractivity contribution in [2.45, 2.75) is 12.6 Å². The minimum atomic E-state index is -4.36. The molecular formula is C12H13ClF3NO3. The van der Waals surface area contributed by atoms with Crippen molar-refractivity contribution in [1.82, 2.24) is 0 Å². The summed E-state index contributed by atoms with van der Waals surface area (Å²) in [4.78, 5) is 11.6. The monoisotopic (exact) mass is 311 g/mol. The summed E-state index contributed by atoms with van der Waals surface area (Å²) >= 11 is 5.74. The van der Waals surface area contributed by atoms with Crippen LogP contribution in [0.25, 0.3) is 0 Å². The molecule has 0 spiro atoms. The van der Waals surface area contributed by atoms with Gasteiger partial charge in [0.25, 0.3) is 0 Å². The average molecular weight is 312 g/mol. The third kappa shape index (κ3) is 5.66. The van der Waals surface area contributed by atoms with Crippen LogP contribution in [0.5, 0.6) is 0 Å². The highest BCUT2D eigenvalue weighted by Gasteiger charge is 2.27. The molecule has 1 aromatic carbocycles. The second kappa shape index (κ2) is 7.35. The quantitative estimate of drug-likeness (QED) is 0.498. The largest absolute Gasteiger partial charge is 0.462 e. The SMILES string of the molecule is Nc1c(Cl)cccc1C(=O)OCCCOCC(F)(F)F. The Balaban J connectivity index is 2.29. The molecule has 20 heavy (non-hydrogen) atoms. The molecule has 0 amide bonds. The van der Waals surface area contributed by atoms with E-state index in [4.69, 9.17) is 22.1 Å². The highest BCUT2D eigenvalue weighted by atomic mass is 35.5. The fourth-order valence-corrected chi connectivity index (χ4v) is 1.48. The maximum atomic E-state index is 11.8. The highest BCUT2D eigenvalue weighted by molar-refractivity contribution is 6.33. The number of anilines is 1. The fraction of sp³-hybridized carbons (Fsp3) is 0.417. The van der Waals surface area contributed by atoms with Gasteiger partial charge < -0.3 is 15.2 Å². The number of benzene rings is 1. The van der Waals surface area contributed by atoms with Crippen LogP contribution in [0.3, 0.4) is 0 Å². The van der Waals surface area contributed by atoms with Gasteiger partial charge in [-0.25, -0.2) is 4.79 Å². The van der Waals surface area contributed by atoms with E-state index in [9.17, 15) is 18.0 Å². The van der Waals surface area contributed by atoms with Crippen LogP contribution in [-0.4, -0.2) is 32.0 Å². The maximum Gasteiger partial charge on any atom is 0.411 e. The number of para-hydroxylation sites is 1. The summed E-state index contributed by atoms with van der Waals surface area (Å²) in [6.45, 7) is -1.54. The number of ether oxygens (including phenoxy) is 2. The predicted octanol–water partition coefficient (Wildman–Crippen LogP) is 3.05. The topological polar surface area (TPSA) is 61.6 Å². The Labute approximate surface area is 118 Å². The Morgan fingerprint density at radius 3 is 2.65 bits per heavy atom. The van der Waals surface area contributed by atoms with Crippen molar-refractivity contribution in [3.63, 3.8) is 0 Å². The van der Waals surface area contributed by atoms with Crippen molar-refractivity contribution in [3.8, 4) is 0 Å². The second-order valence-corrected chi connectivity index (χ2v) is 4.27. The lowest BCUT2D eigenvalue weighted by Gasteiger charge is -2.09. The lowest BCUT2D eigenvalue weighted by molar-refractivity contribution is -0.174. The summed E-state index contributed by atoms with van der Waals surface area (Å²) < 4.78 is 44.5. The van der Waals surface area contributed by atoms with Crippen molar-refractivity contribution in [2.24, 2.45) is 0 Å². The molecule has 0 radical (unpaired) electrons. The van der Waals surface area contributed by atoms with Gasteiger partial charge in [0.2, 0.25) is 0 Å². The van der Waals surface area contributed by atoms with Crippen LogP contribution in [0.2, 0.25) is 5.02 Å². The van der Waals surface area contributed by atoms with Crippen LogP contribution in [0.1, 0.15) is 16.8 Å². The van der Waals surface area contributed by atoms with Crippen LogP contribution in [-0.2, 0) is 9.47 Å². The molecule has 0 aromatic heterocycles. The van der Waals surface area contributed by atoms with E-state index in [1.807, 2.05) is 0 Å². The summed E-state index contributed by atoms with van der Waals surface area (Å²) in [5, 5.41) is 0.230. The zero-order chi connectivity index (χ0) is 15.2. The van der Waals surface area contributed by atoms with E-state index in [1.165, 1.54) is 12.1 Å². The van der Waals surface area contributed by atoms with Gasteiger partial charge in [-0.3, -0.25) is 0 Å². The molecule has 0 atom stereocenters. The molecule has 8 heteroatoms. The molecule has 0 aliphatic heterocycles. The molecule has 1 aromatic rings. The first-order chi connectivity index (χ1) is 9.31. The van der Waals surface area contributed by atoms with E-state index >= 15 is 0 Å². The first-order valence-electron chi connectivity index (χ1n) is 5.67. The second-order valence-electron chi connectivity index (χ2n) is 3.86. The van der Waals surface area contributed by atoms with E-state index < -0.39 is 18.8 Å². The molecule has 0 aliphatic carbocycles. The molecule has 112 valence electrons. The Morgan fingerprint density at radius 2 is 2.00 bits per heavy atom. The van der Waals surface area contributed by atoms with Gasteiger partial charge in [-0.1, -0.05) is 17.7 Å². The number of hydrogen-bond acceptors (Lipinski definition) is 4. The third-order valence-electron chi connectivity index (χ3n) is 2.20. The number of carbonyl (C=O) groups excluding carboxylic acids is 1. The Hall–Kier alpha value is -1.47. The summed E-state index contributed by atoms with van der Waals surface area (Å²) in [5.74, 6) is -0.680. The zero-order valence-corrected chi connectivity index (χ0v) is 11.1. The average Bonchev–Trinajstić information content (AvgIpc) is 2.35. The molecule has 0 heterocycles. The fourth-order valence-electron chi connectivity index (χ4n) is 1.31. The van der Waals surface area contributed by atoms with Crippen LogP contribution < -0.4 is 5.73 Å². The number of alkyl halides is 3. The minimum absolute atomic E-state index is 0.0668. The van der Waals surface area contributed by atoms with Crippen molar-refractivity contribution < 1.29 is 27.4 Å². The first-order valence-corrected chi connectivity index (χ1v) is 6.04. The highest BCUT2D eigenvalue weighted by Crippen LogP contribution is 2.23. The standard InChI is InChI=1S/C12H13ClF3NO3/c13-9-4-1-3-8(10(9)17)11(18)20-6-2-5-19-7-12(14,15)16/h1,3-4H,2,5-7,17H2. The lowest BCUT2D eigenvalue weighted by atomic mass is 10.2.